The number of carbonyl (C=O) groups is 2. The van der Waals surface area contributed by atoms with Gasteiger partial charge in [-0.1, -0.05) is 29.3 Å². The third kappa shape index (κ3) is 5.48. The van der Waals surface area contributed by atoms with Gasteiger partial charge in [-0.2, -0.15) is 4.31 Å². The average Bonchev–Trinajstić information content (AvgIpc) is 3.00. The molecule has 2 aromatic rings. The van der Waals surface area contributed by atoms with E-state index in [2.05, 4.69) is 10.1 Å². The summed E-state index contributed by atoms with van der Waals surface area (Å²) < 4.78 is 32.3. The number of hydrogen-bond donors (Lipinski definition) is 1. The summed E-state index contributed by atoms with van der Waals surface area (Å²) in [5, 5.41) is 3.27. The molecule has 0 bridgehead atoms. The van der Waals surface area contributed by atoms with Crippen LogP contribution in [-0.2, 0) is 14.8 Å². The van der Waals surface area contributed by atoms with Crippen molar-refractivity contribution < 1.29 is 22.7 Å². The Hall–Kier alpha value is -2.33. The summed E-state index contributed by atoms with van der Waals surface area (Å²) in [6, 6.07) is 10.4. The Kier molecular flexibility index (Phi) is 7.42. The normalized spacial score (nSPS) is 15.3. The first kappa shape index (κ1) is 23.3. The number of esters is 1. The Balaban J connectivity index is 1.74. The van der Waals surface area contributed by atoms with Gasteiger partial charge in [0.25, 0.3) is 0 Å². The smallest absolute Gasteiger partial charge is 0.337 e. The van der Waals surface area contributed by atoms with Crippen molar-refractivity contribution in [2.75, 3.05) is 38.6 Å². The first-order chi connectivity index (χ1) is 14.7. The van der Waals surface area contributed by atoms with E-state index in [1.807, 2.05) is 0 Å². The second kappa shape index (κ2) is 9.86. The number of methoxy groups -OCH3 is 1. The molecule has 0 spiro atoms. The maximum atomic E-state index is 13.2. The predicted octanol–water partition coefficient (Wildman–Crippen LogP) is 3.71. The van der Waals surface area contributed by atoms with Crippen LogP contribution in [-0.4, -0.2) is 62.9 Å². The minimum atomic E-state index is -3.98. The Morgan fingerprint density at radius 1 is 1.03 bits per heavy atom. The molecule has 11 heteroatoms. The number of benzene rings is 2. The van der Waals surface area contributed by atoms with Gasteiger partial charge in [-0.15, -0.1) is 0 Å². The molecule has 0 radical (unpaired) electrons. The van der Waals surface area contributed by atoms with Gasteiger partial charge in [0.05, 0.1) is 17.7 Å². The predicted molar refractivity (Wildman–Crippen MR) is 118 cm³/mol. The van der Waals surface area contributed by atoms with Gasteiger partial charge in [-0.05, 0) is 42.8 Å². The van der Waals surface area contributed by atoms with Crippen molar-refractivity contribution in [3.8, 4) is 0 Å². The zero-order valence-corrected chi connectivity index (χ0v) is 19.0. The fraction of sp³-hybridized carbons (Fsp3) is 0.300. The summed E-state index contributed by atoms with van der Waals surface area (Å²) >= 11 is 12.1. The quantitative estimate of drug-likeness (QED) is 0.665. The molecule has 1 N–H and O–H groups in total. The minimum absolute atomic E-state index is 0.00690. The van der Waals surface area contributed by atoms with Crippen molar-refractivity contribution in [1.29, 1.82) is 0 Å². The lowest BCUT2D eigenvalue weighted by Gasteiger charge is -2.22. The molecule has 3 rings (SSSR count). The number of nitrogens with one attached hydrogen (secondary N) is 1. The average molecular weight is 486 g/mol. The Bertz CT molecular complexity index is 1090. The van der Waals surface area contributed by atoms with Gasteiger partial charge in [0.1, 0.15) is 4.90 Å². The number of ether oxygens (including phenoxy) is 1. The number of urea groups is 1. The van der Waals surface area contributed by atoms with Crippen molar-refractivity contribution in [1.82, 2.24) is 9.21 Å². The molecule has 0 aliphatic carbocycles. The lowest BCUT2D eigenvalue weighted by Crippen LogP contribution is -2.39. The summed E-state index contributed by atoms with van der Waals surface area (Å²) in [4.78, 5) is 25.8. The largest absolute Gasteiger partial charge is 0.465 e. The standard InChI is InChI=1S/C20H21Cl2N3O5S/c1-30-19(26)14-6-7-17(22)18(12-14)31(28,29)25-9-3-8-24(10-11-25)20(27)23-16-5-2-4-15(21)13-16/h2,4-7,12-13H,3,8-11H2,1H3,(H,23,27). The number of anilines is 1. The van der Waals surface area contributed by atoms with Crippen LogP contribution < -0.4 is 5.32 Å². The van der Waals surface area contributed by atoms with Crippen molar-refractivity contribution in [3.63, 3.8) is 0 Å². The van der Waals surface area contributed by atoms with E-state index in [1.54, 1.807) is 29.2 Å². The number of hydrogen-bond acceptors (Lipinski definition) is 5. The maximum absolute atomic E-state index is 13.2. The maximum Gasteiger partial charge on any atom is 0.337 e. The van der Waals surface area contributed by atoms with E-state index in [-0.39, 0.29) is 41.1 Å². The summed E-state index contributed by atoms with van der Waals surface area (Å²) in [7, 11) is -2.76. The molecule has 0 saturated carbocycles. The highest BCUT2D eigenvalue weighted by Gasteiger charge is 2.30. The highest BCUT2D eigenvalue weighted by Crippen LogP contribution is 2.27. The fourth-order valence-corrected chi connectivity index (χ4v) is 5.35. The molecule has 0 unspecified atom stereocenters. The number of rotatable bonds is 4. The van der Waals surface area contributed by atoms with E-state index in [0.717, 1.165) is 0 Å². The Labute approximate surface area is 190 Å². The number of halogens is 2. The number of amides is 2. The van der Waals surface area contributed by atoms with Crippen LogP contribution in [0.5, 0.6) is 0 Å². The van der Waals surface area contributed by atoms with Crippen LogP contribution in [0.25, 0.3) is 0 Å². The van der Waals surface area contributed by atoms with Crippen molar-refractivity contribution >= 4 is 50.9 Å². The minimum Gasteiger partial charge on any atom is -0.465 e. The van der Waals surface area contributed by atoms with Crippen LogP contribution in [0.3, 0.4) is 0 Å². The first-order valence-electron chi connectivity index (χ1n) is 9.42. The van der Waals surface area contributed by atoms with Crippen molar-refractivity contribution in [2.24, 2.45) is 0 Å². The molecule has 1 heterocycles. The molecular formula is C20H21Cl2N3O5S. The van der Waals surface area contributed by atoms with Gasteiger partial charge in [0.2, 0.25) is 10.0 Å². The lowest BCUT2D eigenvalue weighted by molar-refractivity contribution is 0.0600. The molecule has 166 valence electrons. The van der Waals surface area contributed by atoms with E-state index in [4.69, 9.17) is 23.2 Å². The molecule has 0 aromatic heterocycles. The number of nitrogens with zero attached hydrogens (tertiary/aromatic N) is 2. The lowest BCUT2D eigenvalue weighted by atomic mass is 10.2. The molecule has 2 amide bonds. The number of sulfonamides is 1. The van der Waals surface area contributed by atoms with Crippen molar-refractivity contribution in [2.45, 2.75) is 11.3 Å². The van der Waals surface area contributed by atoms with E-state index < -0.39 is 16.0 Å². The second-order valence-corrected chi connectivity index (χ2v) is 9.57. The van der Waals surface area contributed by atoms with Crippen LogP contribution in [0.4, 0.5) is 10.5 Å². The molecule has 1 saturated heterocycles. The monoisotopic (exact) mass is 485 g/mol. The van der Waals surface area contributed by atoms with Gasteiger partial charge in [0.15, 0.2) is 0 Å². The van der Waals surface area contributed by atoms with Crippen LogP contribution in [0, 0.1) is 0 Å². The highest BCUT2D eigenvalue weighted by atomic mass is 35.5. The summed E-state index contributed by atoms with van der Waals surface area (Å²) in [5.74, 6) is -0.659. The molecule has 0 atom stereocenters. The third-order valence-corrected chi connectivity index (χ3v) is 7.40. The van der Waals surface area contributed by atoms with Gasteiger partial charge in [-0.3, -0.25) is 0 Å². The van der Waals surface area contributed by atoms with Crippen LogP contribution >= 0.6 is 23.2 Å². The summed E-state index contributed by atoms with van der Waals surface area (Å²) in [6.45, 7) is 0.875. The van der Waals surface area contributed by atoms with E-state index in [9.17, 15) is 18.0 Å². The highest BCUT2D eigenvalue weighted by molar-refractivity contribution is 7.89. The van der Waals surface area contributed by atoms with Gasteiger partial charge >= 0.3 is 12.0 Å². The van der Waals surface area contributed by atoms with Gasteiger partial charge < -0.3 is 15.0 Å². The Morgan fingerprint density at radius 2 is 1.81 bits per heavy atom. The summed E-state index contributed by atoms with van der Waals surface area (Å²) in [6.07, 6.45) is 0.441. The molecule has 1 fully saturated rings. The van der Waals surface area contributed by atoms with Crippen LogP contribution in [0.2, 0.25) is 10.0 Å². The molecular weight excluding hydrogens is 465 g/mol. The van der Waals surface area contributed by atoms with E-state index in [1.165, 1.54) is 29.6 Å². The van der Waals surface area contributed by atoms with E-state index >= 15 is 0 Å². The molecule has 8 nitrogen and oxygen atoms in total. The second-order valence-electron chi connectivity index (χ2n) is 6.82. The zero-order chi connectivity index (χ0) is 22.6. The number of carbonyl (C=O) groups excluding carboxylic acids is 2. The summed E-state index contributed by atoms with van der Waals surface area (Å²) in [5.41, 5.74) is 0.639. The first-order valence-corrected chi connectivity index (χ1v) is 11.6. The third-order valence-electron chi connectivity index (χ3n) is 4.79. The molecule has 1 aliphatic rings. The molecule has 31 heavy (non-hydrogen) atoms. The fourth-order valence-electron chi connectivity index (χ4n) is 3.19. The van der Waals surface area contributed by atoms with E-state index in [0.29, 0.717) is 23.7 Å². The molecule has 2 aromatic carbocycles. The van der Waals surface area contributed by atoms with Crippen molar-refractivity contribution in [3.05, 3.63) is 58.1 Å². The van der Waals surface area contributed by atoms with Gasteiger partial charge in [0, 0.05) is 36.9 Å². The Morgan fingerprint density at radius 3 is 2.52 bits per heavy atom. The van der Waals surface area contributed by atoms with Crippen LogP contribution in [0.1, 0.15) is 16.8 Å². The van der Waals surface area contributed by atoms with Gasteiger partial charge in [-0.25, -0.2) is 18.0 Å². The zero-order valence-electron chi connectivity index (χ0n) is 16.7. The van der Waals surface area contributed by atoms with Crippen LogP contribution in [0.15, 0.2) is 47.4 Å². The molecule has 1 aliphatic heterocycles. The SMILES string of the molecule is COC(=O)c1ccc(Cl)c(S(=O)(=O)N2CCCN(C(=O)Nc3cccc(Cl)c3)CC2)c1. The topological polar surface area (TPSA) is 96.0 Å².